The maximum Gasteiger partial charge on any atom is 0.277 e. The molecule has 0 atom stereocenters. The fourth-order valence-electron chi connectivity index (χ4n) is 2.33. The van der Waals surface area contributed by atoms with Gasteiger partial charge in [0.1, 0.15) is 23.0 Å². The first-order chi connectivity index (χ1) is 12.6. The second-order valence-corrected chi connectivity index (χ2v) is 5.51. The Hall–Kier alpha value is -3.61. The molecule has 7 nitrogen and oxygen atoms in total. The van der Waals surface area contributed by atoms with E-state index in [9.17, 15) is 9.59 Å². The van der Waals surface area contributed by atoms with Crippen LogP contribution in [0, 0.1) is 0 Å². The van der Waals surface area contributed by atoms with Gasteiger partial charge in [-0.05, 0) is 36.4 Å². The third-order valence-corrected chi connectivity index (χ3v) is 3.78. The zero-order valence-electron chi connectivity index (χ0n) is 14.4. The minimum absolute atomic E-state index is 0.165. The third-order valence-electron chi connectivity index (χ3n) is 3.78. The quantitative estimate of drug-likeness (QED) is 0.724. The number of rotatable bonds is 4. The summed E-state index contributed by atoms with van der Waals surface area (Å²) in [6.45, 7) is 0. The van der Waals surface area contributed by atoms with Crippen LogP contribution in [0.5, 0.6) is 0 Å². The molecule has 130 valence electrons. The predicted molar refractivity (Wildman–Crippen MR) is 98.2 cm³/mol. The predicted octanol–water partition coefficient (Wildman–Crippen LogP) is 2.42. The summed E-state index contributed by atoms with van der Waals surface area (Å²) in [7, 11) is 3.22. The van der Waals surface area contributed by atoms with Gasteiger partial charge < -0.3 is 0 Å². The molecule has 26 heavy (non-hydrogen) atoms. The van der Waals surface area contributed by atoms with Crippen LogP contribution in [0.2, 0.25) is 0 Å². The smallest absolute Gasteiger partial charge is 0.277 e. The van der Waals surface area contributed by atoms with Gasteiger partial charge in [-0.15, -0.1) is 0 Å². The highest BCUT2D eigenvalue weighted by Gasteiger charge is 2.20. The van der Waals surface area contributed by atoms with Crippen molar-refractivity contribution in [2.75, 3.05) is 23.9 Å². The maximum absolute atomic E-state index is 12.6. The Morgan fingerprint density at radius 2 is 1.15 bits per heavy atom. The molecular formula is C19H17N5O2. The number of anilines is 2. The van der Waals surface area contributed by atoms with E-state index in [1.165, 1.54) is 9.80 Å². The lowest BCUT2D eigenvalue weighted by atomic mass is 10.2. The number of nitrogens with zero attached hydrogens (tertiary/aromatic N) is 5. The zero-order chi connectivity index (χ0) is 18.5. The van der Waals surface area contributed by atoms with Crippen LogP contribution in [0.4, 0.5) is 11.6 Å². The summed E-state index contributed by atoms with van der Waals surface area (Å²) in [5.74, 6) is 0.306. The van der Waals surface area contributed by atoms with Crippen molar-refractivity contribution in [1.82, 2.24) is 15.0 Å². The van der Waals surface area contributed by atoms with Crippen molar-refractivity contribution in [2.45, 2.75) is 0 Å². The number of aromatic nitrogens is 3. The first kappa shape index (κ1) is 17.2. The van der Waals surface area contributed by atoms with E-state index in [1.807, 2.05) is 0 Å². The van der Waals surface area contributed by atoms with E-state index < -0.39 is 0 Å². The highest BCUT2D eigenvalue weighted by Crippen LogP contribution is 2.14. The lowest BCUT2D eigenvalue weighted by Gasteiger charge is -2.17. The molecule has 7 heteroatoms. The second-order valence-electron chi connectivity index (χ2n) is 5.51. The standard InChI is InChI=1S/C19H17N5O2/c1-23(16-10-3-5-12-20-16)18(25)14-8-7-9-15(22-14)19(26)24(2)17-11-4-6-13-21-17/h3-13H,1-2H3. The molecule has 0 aliphatic heterocycles. The molecule has 0 unspecified atom stereocenters. The number of hydrogen-bond acceptors (Lipinski definition) is 5. The van der Waals surface area contributed by atoms with Crippen LogP contribution in [0.15, 0.2) is 67.0 Å². The van der Waals surface area contributed by atoms with Crippen molar-refractivity contribution in [3.63, 3.8) is 0 Å². The number of pyridine rings is 3. The number of hydrogen-bond donors (Lipinski definition) is 0. The van der Waals surface area contributed by atoms with Gasteiger partial charge in [-0.25, -0.2) is 15.0 Å². The topological polar surface area (TPSA) is 79.3 Å². The van der Waals surface area contributed by atoms with Crippen molar-refractivity contribution in [3.8, 4) is 0 Å². The average Bonchev–Trinajstić information content (AvgIpc) is 2.73. The van der Waals surface area contributed by atoms with Gasteiger partial charge in [0.2, 0.25) is 0 Å². The van der Waals surface area contributed by atoms with Gasteiger partial charge in [-0.3, -0.25) is 19.4 Å². The summed E-state index contributed by atoms with van der Waals surface area (Å²) in [5, 5.41) is 0. The Morgan fingerprint density at radius 1 is 0.692 bits per heavy atom. The van der Waals surface area contributed by atoms with Gasteiger partial charge in [0, 0.05) is 26.5 Å². The maximum atomic E-state index is 12.6. The molecule has 0 aromatic carbocycles. The highest BCUT2D eigenvalue weighted by molar-refractivity contribution is 6.07. The van der Waals surface area contributed by atoms with Gasteiger partial charge in [0.15, 0.2) is 0 Å². The minimum Gasteiger partial charge on any atom is -0.294 e. The summed E-state index contributed by atoms with van der Waals surface area (Å²) in [6.07, 6.45) is 3.21. The SMILES string of the molecule is CN(C(=O)c1cccc(C(=O)N(C)c2ccccn2)n1)c1ccccn1. The Bertz CT molecular complexity index is 843. The van der Waals surface area contributed by atoms with E-state index in [1.54, 1.807) is 81.1 Å². The molecule has 3 heterocycles. The molecule has 0 aliphatic rings. The van der Waals surface area contributed by atoms with Crippen LogP contribution >= 0.6 is 0 Å². The zero-order valence-corrected chi connectivity index (χ0v) is 14.4. The number of carbonyl (C=O) groups excluding carboxylic acids is 2. The van der Waals surface area contributed by atoms with Crippen molar-refractivity contribution in [1.29, 1.82) is 0 Å². The van der Waals surface area contributed by atoms with Crippen molar-refractivity contribution < 1.29 is 9.59 Å². The fraction of sp³-hybridized carbons (Fsp3) is 0.105. The summed E-state index contributed by atoms with van der Waals surface area (Å²) in [5.41, 5.74) is 0.330. The van der Waals surface area contributed by atoms with Gasteiger partial charge in [0.25, 0.3) is 11.8 Å². The summed E-state index contributed by atoms with van der Waals surface area (Å²) < 4.78 is 0. The largest absolute Gasteiger partial charge is 0.294 e. The molecule has 3 rings (SSSR count). The summed E-state index contributed by atoms with van der Waals surface area (Å²) in [4.78, 5) is 40.6. The van der Waals surface area contributed by atoms with Gasteiger partial charge in [-0.2, -0.15) is 0 Å². The Balaban J connectivity index is 1.84. The minimum atomic E-state index is -0.348. The Labute approximate surface area is 151 Å². The van der Waals surface area contributed by atoms with Crippen molar-refractivity contribution in [2.24, 2.45) is 0 Å². The van der Waals surface area contributed by atoms with E-state index in [2.05, 4.69) is 15.0 Å². The molecule has 0 fully saturated rings. The first-order valence-corrected chi connectivity index (χ1v) is 7.93. The van der Waals surface area contributed by atoms with Gasteiger partial charge in [0.05, 0.1) is 0 Å². The van der Waals surface area contributed by atoms with E-state index in [0.717, 1.165) is 0 Å². The van der Waals surface area contributed by atoms with Crippen LogP contribution in [-0.4, -0.2) is 40.9 Å². The van der Waals surface area contributed by atoms with Crippen LogP contribution in [0.3, 0.4) is 0 Å². The van der Waals surface area contributed by atoms with Crippen molar-refractivity contribution >= 4 is 23.5 Å². The number of carbonyl (C=O) groups is 2. The molecule has 0 radical (unpaired) electrons. The van der Waals surface area contributed by atoms with E-state index in [-0.39, 0.29) is 23.2 Å². The normalized spacial score (nSPS) is 10.2. The molecule has 0 saturated carbocycles. The second kappa shape index (κ2) is 7.52. The number of amides is 2. The molecule has 0 N–H and O–H groups in total. The lowest BCUT2D eigenvalue weighted by molar-refractivity contribution is 0.0983. The summed E-state index contributed by atoms with van der Waals surface area (Å²) >= 11 is 0. The van der Waals surface area contributed by atoms with Crippen LogP contribution in [-0.2, 0) is 0 Å². The lowest BCUT2D eigenvalue weighted by Crippen LogP contribution is -2.30. The Kier molecular flexibility index (Phi) is 4.98. The molecule has 0 bridgehead atoms. The Morgan fingerprint density at radius 3 is 1.54 bits per heavy atom. The van der Waals surface area contributed by atoms with E-state index >= 15 is 0 Å². The fourth-order valence-corrected chi connectivity index (χ4v) is 2.33. The molecule has 0 spiro atoms. The molecule has 0 saturated heterocycles. The molecule has 3 aromatic heterocycles. The van der Waals surface area contributed by atoms with Crippen molar-refractivity contribution in [3.05, 3.63) is 78.4 Å². The first-order valence-electron chi connectivity index (χ1n) is 7.93. The molecule has 2 amide bonds. The monoisotopic (exact) mass is 347 g/mol. The third kappa shape index (κ3) is 3.56. The van der Waals surface area contributed by atoms with Gasteiger partial charge in [-0.1, -0.05) is 18.2 Å². The average molecular weight is 347 g/mol. The van der Waals surface area contributed by atoms with Gasteiger partial charge >= 0.3 is 0 Å². The highest BCUT2D eigenvalue weighted by atomic mass is 16.2. The molecule has 3 aromatic rings. The van der Waals surface area contributed by atoms with E-state index in [0.29, 0.717) is 11.6 Å². The van der Waals surface area contributed by atoms with Crippen LogP contribution < -0.4 is 9.80 Å². The molecule has 0 aliphatic carbocycles. The summed E-state index contributed by atoms with van der Waals surface area (Å²) in [6, 6.07) is 15.3. The van der Waals surface area contributed by atoms with Crippen LogP contribution in [0.25, 0.3) is 0 Å². The van der Waals surface area contributed by atoms with E-state index in [4.69, 9.17) is 0 Å². The molecular weight excluding hydrogens is 330 g/mol. The van der Waals surface area contributed by atoms with Crippen LogP contribution in [0.1, 0.15) is 21.0 Å².